The molecule has 1 aliphatic rings. The van der Waals surface area contributed by atoms with E-state index in [9.17, 15) is 14.7 Å². The Balaban J connectivity index is 1.40. The average Bonchev–Trinajstić information content (AvgIpc) is 3.66. The summed E-state index contributed by atoms with van der Waals surface area (Å²) in [5.74, 6) is -0.577. The van der Waals surface area contributed by atoms with E-state index >= 15 is 0 Å². The predicted molar refractivity (Wildman–Crippen MR) is 190 cm³/mol. The number of halogens is 2. The summed E-state index contributed by atoms with van der Waals surface area (Å²) < 4.78 is 12.3. The molecule has 0 bridgehead atoms. The molecule has 1 aromatic heterocycles. The highest BCUT2D eigenvalue weighted by Crippen LogP contribution is 2.46. The molecule has 0 radical (unpaired) electrons. The number of rotatable bonds is 10. The van der Waals surface area contributed by atoms with Crippen LogP contribution < -0.4 is 14.4 Å². The maximum atomic E-state index is 13.8. The fraction of sp³-hybridized carbons (Fsp3) is 0.167. The van der Waals surface area contributed by atoms with Gasteiger partial charge in [0.15, 0.2) is 15.8 Å². The Morgan fingerprint density at radius 1 is 0.958 bits per heavy atom. The van der Waals surface area contributed by atoms with Gasteiger partial charge in [-0.05, 0) is 66.4 Å². The molecule has 1 N–H and O–H groups in total. The number of hydrogen-bond donors (Lipinski definition) is 1. The lowest BCUT2D eigenvalue weighted by atomic mass is 9.93. The number of hydrogen-bond acceptors (Lipinski definition) is 9. The summed E-state index contributed by atoms with van der Waals surface area (Å²) in [6, 6.07) is 24.7. The lowest BCUT2D eigenvalue weighted by Gasteiger charge is -2.23. The number of nitrogens with zero attached hydrogens (tertiary/aromatic N) is 3. The van der Waals surface area contributed by atoms with Crippen LogP contribution in [0.4, 0.5) is 5.13 Å². The number of ether oxygens (including phenoxy) is 2. The number of amides is 1. The van der Waals surface area contributed by atoms with Gasteiger partial charge in [0.25, 0.3) is 5.78 Å². The largest absolute Gasteiger partial charge is 0.507 e. The van der Waals surface area contributed by atoms with Crippen LogP contribution in [-0.4, -0.2) is 34.1 Å². The number of carbonyl (C=O) groups excluding carboxylic acids is 2. The van der Waals surface area contributed by atoms with Gasteiger partial charge in [-0.3, -0.25) is 14.5 Å². The Morgan fingerprint density at radius 3 is 2.50 bits per heavy atom. The van der Waals surface area contributed by atoms with Crippen LogP contribution in [-0.2, 0) is 21.9 Å². The van der Waals surface area contributed by atoms with Gasteiger partial charge < -0.3 is 14.6 Å². The van der Waals surface area contributed by atoms with Crippen molar-refractivity contribution in [2.45, 2.75) is 36.6 Å². The van der Waals surface area contributed by atoms with Gasteiger partial charge >= 0.3 is 5.91 Å². The Hall–Kier alpha value is -4.35. The zero-order valence-electron chi connectivity index (χ0n) is 26.1. The number of Topliss-reactive ketones (excluding diaryl/α,β-unsaturated/α-hetero) is 1. The number of aliphatic hydroxyl groups excluding tert-OH is 1. The monoisotopic (exact) mass is 717 g/mol. The van der Waals surface area contributed by atoms with Crippen molar-refractivity contribution in [3.63, 3.8) is 0 Å². The molecule has 48 heavy (non-hydrogen) atoms. The van der Waals surface area contributed by atoms with Crippen molar-refractivity contribution in [3.8, 4) is 11.5 Å². The maximum Gasteiger partial charge on any atom is 0.301 e. The summed E-state index contributed by atoms with van der Waals surface area (Å²) in [4.78, 5) is 28.9. The van der Waals surface area contributed by atoms with Crippen LogP contribution in [0, 0.1) is 13.8 Å². The summed E-state index contributed by atoms with van der Waals surface area (Å²) in [5.41, 5.74) is 4.39. The third kappa shape index (κ3) is 6.93. The third-order valence-electron chi connectivity index (χ3n) is 7.80. The second-order valence-corrected chi connectivity index (χ2v) is 14.1. The van der Waals surface area contributed by atoms with Crippen LogP contribution in [0.15, 0.2) is 94.8 Å². The van der Waals surface area contributed by atoms with Gasteiger partial charge in [-0.2, -0.15) is 0 Å². The zero-order chi connectivity index (χ0) is 33.9. The summed E-state index contributed by atoms with van der Waals surface area (Å²) in [7, 11) is 1.52. The maximum absolute atomic E-state index is 13.8. The molecule has 2 heterocycles. The fourth-order valence-corrected chi connectivity index (χ4v) is 7.75. The molecule has 1 atom stereocenters. The topological polar surface area (TPSA) is 102 Å². The van der Waals surface area contributed by atoms with E-state index in [2.05, 4.69) is 10.2 Å². The van der Waals surface area contributed by atoms with Gasteiger partial charge in [-0.15, -0.1) is 10.2 Å². The Morgan fingerprint density at radius 2 is 1.75 bits per heavy atom. The zero-order valence-corrected chi connectivity index (χ0v) is 29.2. The molecule has 1 aliphatic heterocycles. The number of aryl methyl sites for hydroxylation is 2. The normalized spacial score (nSPS) is 15.6. The molecule has 0 aliphatic carbocycles. The minimum atomic E-state index is -1.03. The molecule has 0 spiro atoms. The van der Waals surface area contributed by atoms with E-state index in [1.807, 2.05) is 62.4 Å². The van der Waals surface area contributed by atoms with E-state index < -0.39 is 17.7 Å². The summed E-state index contributed by atoms with van der Waals surface area (Å²) in [5, 5.41) is 21.6. The van der Waals surface area contributed by atoms with Gasteiger partial charge in [0.1, 0.15) is 12.4 Å². The summed E-state index contributed by atoms with van der Waals surface area (Å²) in [6.07, 6.45) is 0. The van der Waals surface area contributed by atoms with E-state index in [0.29, 0.717) is 49.4 Å². The molecule has 1 saturated heterocycles. The first kappa shape index (κ1) is 33.5. The summed E-state index contributed by atoms with van der Waals surface area (Å²) >= 11 is 15.0. The van der Waals surface area contributed by atoms with Crippen LogP contribution in [0.1, 0.15) is 39.4 Å². The molecule has 6 rings (SSSR count). The highest BCUT2D eigenvalue weighted by molar-refractivity contribution is 8.00. The first-order valence-corrected chi connectivity index (χ1v) is 17.3. The molecular formula is C36H29Cl2N3O5S2. The van der Waals surface area contributed by atoms with Gasteiger partial charge in [0.05, 0.1) is 18.7 Å². The Bertz CT molecular complexity index is 2050. The van der Waals surface area contributed by atoms with Crippen LogP contribution in [0.3, 0.4) is 0 Å². The molecule has 1 fully saturated rings. The standard InChI is InChI=1S/C36H29Cl2N3O5S2/c1-20-9-10-21(2)26(15-20)32(42)30-31(23-12-14-28(29(16-23)45-3)46-18-22-7-5-4-6-8-22)41(34(44)33(30)43)35-39-40-36(48-35)47-19-24-11-13-25(37)17-27(24)38/h4-17,31,42H,18-19H2,1-3H3/b32-30+. The number of aromatic nitrogens is 2. The van der Waals surface area contributed by atoms with Crippen LogP contribution in [0.25, 0.3) is 5.76 Å². The molecule has 4 aromatic carbocycles. The van der Waals surface area contributed by atoms with E-state index in [4.69, 9.17) is 32.7 Å². The van der Waals surface area contributed by atoms with E-state index in [-0.39, 0.29) is 16.5 Å². The number of benzene rings is 4. The van der Waals surface area contributed by atoms with Crippen molar-refractivity contribution >= 4 is 68.9 Å². The van der Waals surface area contributed by atoms with E-state index in [1.165, 1.54) is 23.8 Å². The number of carbonyl (C=O) groups is 2. The minimum absolute atomic E-state index is 0.0638. The van der Waals surface area contributed by atoms with E-state index in [1.54, 1.807) is 36.4 Å². The highest BCUT2D eigenvalue weighted by Gasteiger charge is 2.48. The van der Waals surface area contributed by atoms with Crippen molar-refractivity contribution in [3.05, 3.63) is 134 Å². The predicted octanol–water partition coefficient (Wildman–Crippen LogP) is 8.97. The van der Waals surface area contributed by atoms with Crippen molar-refractivity contribution in [2.75, 3.05) is 12.0 Å². The Kier molecular flexibility index (Phi) is 10.1. The lowest BCUT2D eigenvalue weighted by molar-refractivity contribution is -0.132. The number of aliphatic hydroxyl groups is 1. The molecule has 5 aromatic rings. The van der Waals surface area contributed by atoms with Crippen molar-refractivity contribution in [1.82, 2.24) is 10.2 Å². The molecule has 244 valence electrons. The van der Waals surface area contributed by atoms with Gasteiger partial charge in [0, 0.05) is 21.4 Å². The second-order valence-electron chi connectivity index (χ2n) is 11.0. The van der Waals surface area contributed by atoms with Crippen LogP contribution in [0.2, 0.25) is 10.0 Å². The fourth-order valence-electron chi connectivity index (χ4n) is 5.33. The molecule has 1 amide bonds. The van der Waals surface area contributed by atoms with E-state index in [0.717, 1.165) is 33.6 Å². The SMILES string of the molecule is COc1cc(C2/C(=C(\O)c3cc(C)ccc3C)C(=O)C(=O)N2c2nnc(SCc3ccc(Cl)cc3Cl)s2)ccc1OCc1ccccc1. The second kappa shape index (κ2) is 14.4. The van der Waals surface area contributed by atoms with Gasteiger partial charge in [0.2, 0.25) is 5.13 Å². The Labute approximate surface area is 295 Å². The van der Waals surface area contributed by atoms with Crippen molar-refractivity contribution < 1.29 is 24.2 Å². The lowest BCUT2D eigenvalue weighted by Crippen LogP contribution is -2.29. The molecular weight excluding hydrogens is 689 g/mol. The molecule has 0 saturated carbocycles. The van der Waals surface area contributed by atoms with Gasteiger partial charge in [-0.25, -0.2) is 0 Å². The van der Waals surface area contributed by atoms with Gasteiger partial charge in [-0.1, -0.05) is 106 Å². The highest BCUT2D eigenvalue weighted by atomic mass is 35.5. The van der Waals surface area contributed by atoms with Crippen molar-refractivity contribution in [2.24, 2.45) is 0 Å². The smallest absolute Gasteiger partial charge is 0.301 e. The summed E-state index contributed by atoms with van der Waals surface area (Å²) in [6.45, 7) is 4.04. The number of thioether (sulfide) groups is 1. The molecule has 8 nitrogen and oxygen atoms in total. The first-order chi connectivity index (χ1) is 23.1. The van der Waals surface area contributed by atoms with Crippen LogP contribution in [0.5, 0.6) is 11.5 Å². The minimum Gasteiger partial charge on any atom is -0.507 e. The van der Waals surface area contributed by atoms with Crippen LogP contribution >= 0.6 is 46.3 Å². The number of ketones is 1. The average molecular weight is 719 g/mol. The quantitative estimate of drug-likeness (QED) is 0.0502. The molecule has 1 unspecified atom stereocenters. The number of methoxy groups -OCH3 is 1. The molecule has 12 heteroatoms. The number of anilines is 1. The van der Waals surface area contributed by atoms with Crippen molar-refractivity contribution in [1.29, 1.82) is 0 Å². The third-order valence-corrected chi connectivity index (χ3v) is 10.5. The first-order valence-electron chi connectivity index (χ1n) is 14.8.